The lowest BCUT2D eigenvalue weighted by Crippen LogP contribution is -2.25. The predicted molar refractivity (Wildman–Crippen MR) is 140 cm³/mol. The molecule has 2 rings (SSSR count). The van der Waals surface area contributed by atoms with Crippen LogP contribution in [0.15, 0.2) is 34.8 Å². The first kappa shape index (κ1) is 26.8. The SMILES string of the molecule is CC=C(CC)Oc1c(OCC(C)CCC)c(=O)n(CCCCCCCC)c2cc(N)ccc12. The number of benzene rings is 1. The number of nitrogens with two attached hydrogens (primary N) is 1. The highest BCUT2D eigenvalue weighted by Gasteiger charge is 2.21. The van der Waals surface area contributed by atoms with Crippen molar-refractivity contribution in [2.24, 2.45) is 5.92 Å². The number of ether oxygens (including phenoxy) is 2. The standard InChI is InChI=1S/C28H44N2O3/c1-6-10-11-12-13-14-18-30-25-19-22(29)16-17-24(25)26(33-23(8-3)9-4)27(28(30)31)32-20-21(5)15-7-2/h8,16-17,19,21H,6-7,9-15,18,20,29H2,1-5H3. The number of hydrogen-bond donors (Lipinski definition) is 1. The van der Waals surface area contributed by atoms with Crippen molar-refractivity contribution in [2.75, 3.05) is 12.3 Å². The van der Waals surface area contributed by atoms with E-state index in [-0.39, 0.29) is 5.56 Å². The van der Waals surface area contributed by atoms with Gasteiger partial charge in [0.25, 0.3) is 5.56 Å². The number of fused-ring (bicyclic) bond motifs is 1. The lowest BCUT2D eigenvalue weighted by molar-refractivity contribution is 0.237. The van der Waals surface area contributed by atoms with Gasteiger partial charge in [0.2, 0.25) is 5.75 Å². The molecule has 2 aromatic rings. The minimum Gasteiger partial charge on any atom is -0.485 e. The Bertz CT molecular complexity index is 962. The molecule has 1 aromatic heterocycles. The molecular formula is C28H44N2O3. The summed E-state index contributed by atoms with van der Waals surface area (Å²) in [7, 11) is 0. The molecule has 1 unspecified atom stereocenters. The van der Waals surface area contributed by atoms with Crippen LogP contribution < -0.4 is 20.8 Å². The lowest BCUT2D eigenvalue weighted by Gasteiger charge is -2.20. The molecule has 0 aliphatic carbocycles. The molecule has 0 bridgehead atoms. The summed E-state index contributed by atoms with van der Waals surface area (Å²) in [5.74, 6) is 2.00. The maximum absolute atomic E-state index is 13.7. The van der Waals surface area contributed by atoms with Crippen LogP contribution in [0, 0.1) is 5.92 Å². The van der Waals surface area contributed by atoms with Crippen LogP contribution in [-0.4, -0.2) is 11.2 Å². The Kier molecular flexibility index (Phi) is 11.4. The van der Waals surface area contributed by atoms with Gasteiger partial charge in [-0.15, -0.1) is 0 Å². The summed E-state index contributed by atoms with van der Waals surface area (Å²) in [5.41, 5.74) is 7.44. The molecule has 0 saturated heterocycles. The van der Waals surface area contributed by atoms with Crippen molar-refractivity contribution in [3.05, 3.63) is 40.4 Å². The fraction of sp³-hybridized carbons (Fsp3) is 0.607. The average molecular weight is 457 g/mol. The fourth-order valence-electron chi connectivity index (χ4n) is 4.18. The zero-order valence-corrected chi connectivity index (χ0v) is 21.4. The van der Waals surface area contributed by atoms with Gasteiger partial charge in [0.05, 0.1) is 17.9 Å². The molecule has 5 heteroatoms. The minimum absolute atomic E-state index is 0.132. The third-order valence-corrected chi connectivity index (χ3v) is 6.14. The predicted octanol–water partition coefficient (Wildman–Crippen LogP) is 7.45. The van der Waals surface area contributed by atoms with Gasteiger partial charge in [-0.3, -0.25) is 4.79 Å². The van der Waals surface area contributed by atoms with Gasteiger partial charge in [-0.2, -0.15) is 0 Å². The summed E-state index contributed by atoms with van der Waals surface area (Å²) in [5, 5.41) is 0.862. The zero-order chi connectivity index (χ0) is 24.2. The second-order valence-corrected chi connectivity index (χ2v) is 9.07. The van der Waals surface area contributed by atoms with Gasteiger partial charge in [0.15, 0.2) is 5.75 Å². The Hall–Kier alpha value is -2.43. The highest BCUT2D eigenvalue weighted by atomic mass is 16.5. The van der Waals surface area contributed by atoms with E-state index in [0.29, 0.717) is 36.3 Å². The van der Waals surface area contributed by atoms with E-state index >= 15 is 0 Å². The number of hydrogen-bond acceptors (Lipinski definition) is 4. The van der Waals surface area contributed by atoms with Crippen molar-refractivity contribution in [3.8, 4) is 11.5 Å². The van der Waals surface area contributed by atoms with Crippen LogP contribution in [0.1, 0.15) is 92.4 Å². The van der Waals surface area contributed by atoms with E-state index in [0.717, 1.165) is 48.8 Å². The number of allylic oxidation sites excluding steroid dienone is 2. The number of aryl methyl sites for hydroxylation is 1. The maximum Gasteiger partial charge on any atom is 0.297 e. The second kappa shape index (κ2) is 14.0. The van der Waals surface area contributed by atoms with Gasteiger partial charge < -0.3 is 19.8 Å². The van der Waals surface area contributed by atoms with Gasteiger partial charge in [-0.05, 0) is 50.0 Å². The summed E-state index contributed by atoms with van der Waals surface area (Å²) in [6.45, 7) is 11.7. The molecule has 1 atom stereocenters. The molecule has 0 saturated carbocycles. The summed E-state index contributed by atoms with van der Waals surface area (Å²) in [6.07, 6.45) is 11.8. The summed E-state index contributed by atoms with van der Waals surface area (Å²) in [6, 6.07) is 5.69. The molecular weight excluding hydrogens is 412 g/mol. The topological polar surface area (TPSA) is 66.5 Å². The van der Waals surface area contributed by atoms with Crippen molar-refractivity contribution >= 4 is 16.6 Å². The Morgan fingerprint density at radius 3 is 2.45 bits per heavy atom. The molecule has 1 aromatic carbocycles. The maximum atomic E-state index is 13.7. The van der Waals surface area contributed by atoms with Crippen molar-refractivity contribution < 1.29 is 9.47 Å². The fourth-order valence-corrected chi connectivity index (χ4v) is 4.18. The zero-order valence-electron chi connectivity index (χ0n) is 21.4. The van der Waals surface area contributed by atoms with Crippen LogP contribution in [0.25, 0.3) is 10.9 Å². The Morgan fingerprint density at radius 1 is 1.06 bits per heavy atom. The number of anilines is 1. The van der Waals surface area contributed by atoms with Crippen molar-refractivity contribution in [2.45, 2.75) is 99.0 Å². The number of unbranched alkanes of at least 4 members (excludes halogenated alkanes) is 5. The molecule has 0 aliphatic heterocycles. The molecule has 184 valence electrons. The Balaban J connectivity index is 2.51. The largest absolute Gasteiger partial charge is 0.485 e. The van der Waals surface area contributed by atoms with E-state index < -0.39 is 0 Å². The number of aromatic nitrogens is 1. The monoisotopic (exact) mass is 456 g/mol. The van der Waals surface area contributed by atoms with Crippen molar-refractivity contribution in [1.29, 1.82) is 0 Å². The second-order valence-electron chi connectivity index (χ2n) is 9.07. The summed E-state index contributed by atoms with van der Waals surface area (Å²) in [4.78, 5) is 13.7. The Labute approximate surface area is 200 Å². The first-order chi connectivity index (χ1) is 16.0. The van der Waals surface area contributed by atoms with E-state index in [9.17, 15) is 4.79 Å². The molecule has 0 spiro atoms. The molecule has 2 N–H and O–H groups in total. The quantitative estimate of drug-likeness (QED) is 0.172. The van der Waals surface area contributed by atoms with Gasteiger partial charge in [0, 0.05) is 24.0 Å². The van der Waals surface area contributed by atoms with Gasteiger partial charge in [0.1, 0.15) is 0 Å². The number of nitrogens with zero attached hydrogens (tertiary/aromatic N) is 1. The molecule has 1 heterocycles. The molecule has 5 nitrogen and oxygen atoms in total. The molecule has 33 heavy (non-hydrogen) atoms. The third kappa shape index (κ3) is 7.55. The van der Waals surface area contributed by atoms with Crippen LogP contribution in [0.4, 0.5) is 5.69 Å². The van der Waals surface area contributed by atoms with Crippen LogP contribution in [0.2, 0.25) is 0 Å². The highest BCUT2D eigenvalue weighted by Crippen LogP contribution is 2.36. The van der Waals surface area contributed by atoms with E-state index in [1.54, 1.807) is 0 Å². The first-order valence-corrected chi connectivity index (χ1v) is 12.9. The molecule has 0 aliphatic rings. The van der Waals surface area contributed by atoms with Crippen molar-refractivity contribution in [1.82, 2.24) is 4.57 Å². The summed E-state index contributed by atoms with van der Waals surface area (Å²) < 4.78 is 14.3. The number of nitrogen functional groups attached to an aromatic ring is 1. The molecule has 0 radical (unpaired) electrons. The highest BCUT2D eigenvalue weighted by molar-refractivity contribution is 5.90. The molecule has 0 fully saturated rings. The van der Waals surface area contributed by atoms with Crippen LogP contribution >= 0.6 is 0 Å². The molecule has 0 amide bonds. The third-order valence-electron chi connectivity index (χ3n) is 6.14. The van der Waals surface area contributed by atoms with Crippen molar-refractivity contribution in [3.63, 3.8) is 0 Å². The van der Waals surface area contributed by atoms with Crippen LogP contribution in [0.3, 0.4) is 0 Å². The Morgan fingerprint density at radius 2 is 1.79 bits per heavy atom. The minimum atomic E-state index is -0.132. The van der Waals surface area contributed by atoms with Gasteiger partial charge in [-0.25, -0.2) is 0 Å². The summed E-state index contributed by atoms with van der Waals surface area (Å²) >= 11 is 0. The van der Waals surface area contributed by atoms with E-state index in [1.807, 2.05) is 42.7 Å². The van der Waals surface area contributed by atoms with Crippen LogP contribution in [-0.2, 0) is 6.54 Å². The van der Waals surface area contributed by atoms with Gasteiger partial charge in [-0.1, -0.05) is 66.2 Å². The average Bonchev–Trinajstić information content (AvgIpc) is 2.80. The normalized spacial score (nSPS) is 12.8. The lowest BCUT2D eigenvalue weighted by atomic mass is 10.1. The van der Waals surface area contributed by atoms with Crippen LogP contribution in [0.5, 0.6) is 11.5 Å². The number of pyridine rings is 1. The number of rotatable bonds is 15. The van der Waals surface area contributed by atoms with Gasteiger partial charge >= 0.3 is 0 Å². The smallest absolute Gasteiger partial charge is 0.297 e. The van der Waals surface area contributed by atoms with E-state index in [4.69, 9.17) is 15.2 Å². The van der Waals surface area contributed by atoms with E-state index in [2.05, 4.69) is 20.8 Å². The van der Waals surface area contributed by atoms with E-state index in [1.165, 1.54) is 25.7 Å². The first-order valence-electron chi connectivity index (χ1n) is 12.9.